The summed E-state index contributed by atoms with van der Waals surface area (Å²) in [7, 11) is 0. The normalized spacial score (nSPS) is 26.8. The quantitative estimate of drug-likeness (QED) is 0.318. The van der Waals surface area contributed by atoms with E-state index in [1.165, 1.54) is 102 Å². The predicted molar refractivity (Wildman–Crippen MR) is 120 cm³/mol. The fraction of sp³-hybridized carbons (Fsp3) is 1.00. The number of rotatable bonds is 7. The van der Waals surface area contributed by atoms with Crippen molar-refractivity contribution < 1.29 is 0 Å². The van der Waals surface area contributed by atoms with Crippen molar-refractivity contribution in [2.24, 2.45) is 17.8 Å². The van der Waals surface area contributed by atoms with Gasteiger partial charge in [-0.3, -0.25) is 4.90 Å². The van der Waals surface area contributed by atoms with E-state index in [1.54, 1.807) is 0 Å². The summed E-state index contributed by atoms with van der Waals surface area (Å²) in [5.41, 5.74) is 0. The van der Waals surface area contributed by atoms with Crippen LogP contribution in [-0.2, 0) is 0 Å². The maximum Gasteiger partial charge on any atom is 0.0506 e. The lowest BCUT2D eigenvalue weighted by molar-refractivity contribution is 0.0938. The molecular weight excluding hydrogens is 435 g/mol. The van der Waals surface area contributed by atoms with Crippen molar-refractivity contribution in [3.8, 4) is 0 Å². The highest BCUT2D eigenvalue weighted by Crippen LogP contribution is 2.24. The van der Waals surface area contributed by atoms with Crippen LogP contribution in [0.5, 0.6) is 0 Å². The first kappa shape index (κ1) is 21.3. The summed E-state index contributed by atoms with van der Waals surface area (Å²) >= 11 is 2.50. The van der Waals surface area contributed by atoms with Crippen molar-refractivity contribution in [3.63, 3.8) is 0 Å². The van der Waals surface area contributed by atoms with E-state index in [1.807, 2.05) is 0 Å². The van der Waals surface area contributed by atoms with Gasteiger partial charge in [0, 0.05) is 45.8 Å². The number of hydrogen-bond acceptors (Lipinski definition) is 4. The molecule has 0 spiro atoms. The van der Waals surface area contributed by atoms with Gasteiger partial charge in [-0.05, 0) is 69.6 Å². The fourth-order valence-corrected chi connectivity index (χ4v) is 5.66. The van der Waals surface area contributed by atoms with Crippen molar-refractivity contribution in [2.75, 3.05) is 76.5 Å². The van der Waals surface area contributed by atoms with Gasteiger partial charge in [0.1, 0.15) is 0 Å². The molecule has 0 atom stereocenters. The summed E-state index contributed by atoms with van der Waals surface area (Å²) in [4.78, 5) is 10.8. The van der Waals surface area contributed by atoms with Crippen LogP contribution in [0.3, 0.4) is 0 Å². The first-order chi connectivity index (χ1) is 12.6. The van der Waals surface area contributed by atoms with E-state index in [0.29, 0.717) is 0 Å². The van der Waals surface area contributed by atoms with Crippen LogP contribution >= 0.6 is 22.6 Å². The Bertz CT molecular complexity index is 381. The van der Waals surface area contributed by atoms with Crippen LogP contribution in [0.4, 0.5) is 0 Å². The third-order valence-electron chi connectivity index (χ3n) is 7.16. The molecule has 0 aromatic heterocycles. The summed E-state index contributed by atoms with van der Waals surface area (Å²) in [5, 5.41) is 0. The molecule has 0 N–H and O–H groups in total. The molecule has 26 heavy (non-hydrogen) atoms. The molecule has 4 nitrogen and oxygen atoms in total. The van der Waals surface area contributed by atoms with Gasteiger partial charge in [0.15, 0.2) is 0 Å². The number of hydrogen-bond donors (Lipinski definition) is 0. The second-order valence-corrected chi connectivity index (χ2v) is 9.93. The third-order valence-corrected chi connectivity index (χ3v) is 8.13. The molecule has 3 aliphatic rings. The topological polar surface area (TPSA) is 13.0 Å². The maximum absolute atomic E-state index is 2.74. The minimum atomic E-state index is 0.876. The molecule has 3 fully saturated rings. The lowest BCUT2D eigenvalue weighted by Crippen LogP contribution is -2.48. The van der Waals surface area contributed by atoms with Gasteiger partial charge < -0.3 is 14.7 Å². The van der Waals surface area contributed by atoms with Gasteiger partial charge in [-0.15, -0.1) is 0 Å². The van der Waals surface area contributed by atoms with Crippen molar-refractivity contribution >= 4 is 22.6 Å². The van der Waals surface area contributed by atoms with Crippen LogP contribution in [0.15, 0.2) is 0 Å². The fourth-order valence-electron chi connectivity index (χ4n) is 4.98. The van der Waals surface area contributed by atoms with Gasteiger partial charge in [0.25, 0.3) is 0 Å². The van der Waals surface area contributed by atoms with Gasteiger partial charge in [-0.2, -0.15) is 0 Å². The Balaban J connectivity index is 1.26. The molecule has 3 saturated heterocycles. The molecule has 5 heteroatoms. The molecule has 0 amide bonds. The van der Waals surface area contributed by atoms with Gasteiger partial charge in [-0.25, -0.2) is 0 Å². The minimum absolute atomic E-state index is 0.876. The highest BCUT2D eigenvalue weighted by atomic mass is 127. The average Bonchev–Trinajstić information content (AvgIpc) is 2.68. The summed E-state index contributed by atoms with van der Waals surface area (Å²) in [5.74, 6) is 2.79. The van der Waals surface area contributed by atoms with Gasteiger partial charge in [0.05, 0.1) is 4.55 Å². The summed E-state index contributed by atoms with van der Waals surface area (Å²) < 4.78 is 1.19. The molecular formula is C21H41IN4. The number of nitrogens with zero attached hydrogens (tertiary/aromatic N) is 4. The first-order valence-corrected chi connectivity index (χ1v) is 12.6. The second-order valence-electron chi connectivity index (χ2n) is 9.25. The summed E-state index contributed by atoms with van der Waals surface area (Å²) in [6.07, 6.45) is 5.68. The highest BCUT2D eigenvalue weighted by Gasteiger charge is 2.25. The van der Waals surface area contributed by atoms with Crippen LogP contribution in [0.1, 0.15) is 39.5 Å². The average molecular weight is 476 g/mol. The molecule has 3 rings (SSSR count). The van der Waals surface area contributed by atoms with E-state index in [2.05, 4.69) is 56.0 Å². The van der Waals surface area contributed by atoms with Crippen molar-refractivity contribution in [3.05, 3.63) is 0 Å². The third kappa shape index (κ3) is 6.57. The SMILES string of the molecule is CC(C)C1CCN(CCN2CCC(CN3CCN(CI)CC3)CC2)CC1. The molecule has 3 aliphatic heterocycles. The van der Waals surface area contributed by atoms with Crippen molar-refractivity contribution in [1.82, 2.24) is 19.6 Å². The van der Waals surface area contributed by atoms with Crippen LogP contribution in [0, 0.1) is 17.8 Å². The molecule has 0 aromatic carbocycles. The lowest BCUT2D eigenvalue weighted by atomic mass is 9.87. The number of piperazine rings is 1. The van der Waals surface area contributed by atoms with Crippen LogP contribution in [0.2, 0.25) is 0 Å². The molecule has 0 aliphatic carbocycles. The summed E-state index contributed by atoms with van der Waals surface area (Å²) in [6, 6.07) is 0. The Kier molecular flexibility index (Phi) is 8.95. The van der Waals surface area contributed by atoms with E-state index in [-0.39, 0.29) is 0 Å². The van der Waals surface area contributed by atoms with Crippen molar-refractivity contribution in [2.45, 2.75) is 39.5 Å². The van der Waals surface area contributed by atoms with Crippen LogP contribution in [0.25, 0.3) is 0 Å². The number of likely N-dealkylation sites (tertiary alicyclic amines) is 2. The molecule has 0 aromatic rings. The minimum Gasteiger partial charge on any atom is -0.302 e. The van der Waals surface area contributed by atoms with Crippen LogP contribution < -0.4 is 0 Å². The van der Waals surface area contributed by atoms with Gasteiger partial charge in [0.2, 0.25) is 0 Å². The number of alkyl halides is 1. The van der Waals surface area contributed by atoms with Gasteiger partial charge >= 0.3 is 0 Å². The standard InChI is InChI=1S/C21H41IN4/c1-19(2)21-5-9-24(10-6-21)12-11-23-7-3-20(4-8-23)17-25-13-15-26(18-22)16-14-25/h19-21H,3-18H2,1-2H3. The zero-order valence-electron chi connectivity index (χ0n) is 17.2. The Morgan fingerprint density at radius 1 is 0.692 bits per heavy atom. The van der Waals surface area contributed by atoms with E-state index in [9.17, 15) is 0 Å². The monoisotopic (exact) mass is 476 g/mol. The predicted octanol–water partition coefficient (Wildman–Crippen LogP) is 3.08. The highest BCUT2D eigenvalue weighted by molar-refractivity contribution is 14.1. The second kappa shape index (κ2) is 10.9. The Morgan fingerprint density at radius 2 is 1.19 bits per heavy atom. The van der Waals surface area contributed by atoms with Crippen molar-refractivity contribution in [1.29, 1.82) is 0 Å². The van der Waals surface area contributed by atoms with Gasteiger partial charge in [-0.1, -0.05) is 36.4 Å². The maximum atomic E-state index is 2.74. The molecule has 0 saturated carbocycles. The smallest absolute Gasteiger partial charge is 0.0506 e. The van der Waals surface area contributed by atoms with Crippen LogP contribution in [-0.4, -0.2) is 96.1 Å². The summed E-state index contributed by atoms with van der Waals surface area (Å²) in [6.45, 7) is 19.2. The molecule has 152 valence electrons. The Hall–Kier alpha value is 0.570. The first-order valence-electron chi connectivity index (χ1n) is 11.1. The molecule has 0 radical (unpaired) electrons. The number of piperidine rings is 2. The zero-order valence-corrected chi connectivity index (χ0v) is 19.4. The zero-order chi connectivity index (χ0) is 18.4. The molecule has 3 heterocycles. The Morgan fingerprint density at radius 3 is 1.69 bits per heavy atom. The van der Waals surface area contributed by atoms with E-state index in [0.717, 1.165) is 17.8 Å². The Labute approximate surface area is 175 Å². The van der Waals surface area contributed by atoms with E-state index < -0.39 is 0 Å². The largest absolute Gasteiger partial charge is 0.302 e. The lowest BCUT2D eigenvalue weighted by Gasteiger charge is -2.39. The van der Waals surface area contributed by atoms with E-state index >= 15 is 0 Å². The molecule has 0 bridgehead atoms. The number of halogens is 1. The molecule has 0 unspecified atom stereocenters. The van der Waals surface area contributed by atoms with E-state index in [4.69, 9.17) is 0 Å².